The van der Waals surface area contributed by atoms with E-state index in [4.69, 9.17) is 0 Å². The first kappa shape index (κ1) is 20.0. The van der Waals surface area contributed by atoms with Gasteiger partial charge in [0.15, 0.2) is 5.65 Å². The van der Waals surface area contributed by atoms with E-state index >= 15 is 0 Å². The van der Waals surface area contributed by atoms with E-state index in [9.17, 15) is 18.0 Å². The lowest BCUT2D eigenvalue weighted by molar-refractivity contribution is -0.142. The standard InChI is InChI=1S/C23H23F3N4O/c1-14-10-21-27-19(12-20(23(24,25)26)30(21)28-14)18-6-3-9-29(13-18)22(31)17-8-7-15-4-2-5-16(15)11-17/h7-8,10-12,18H,2-6,9,13H2,1H3. The summed E-state index contributed by atoms with van der Waals surface area (Å²) in [5, 5.41) is 3.95. The maximum atomic E-state index is 13.7. The van der Waals surface area contributed by atoms with Gasteiger partial charge in [0, 0.05) is 36.3 Å². The molecule has 1 amide bonds. The topological polar surface area (TPSA) is 50.5 Å². The molecule has 1 aromatic carbocycles. The van der Waals surface area contributed by atoms with Crippen molar-refractivity contribution in [1.29, 1.82) is 0 Å². The highest BCUT2D eigenvalue weighted by atomic mass is 19.4. The largest absolute Gasteiger partial charge is 0.433 e. The zero-order chi connectivity index (χ0) is 21.8. The fourth-order valence-electron chi connectivity index (χ4n) is 4.81. The number of piperidine rings is 1. The number of hydrogen-bond donors (Lipinski definition) is 0. The summed E-state index contributed by atoms with van der Waals surface area (Å²) in [6.07, 6.45) is 0.0499. The third-order valence-corrected chi connectivity index (χ3v) is 6.33. The third-order valence-electron chi connectivity index (χ3n) is 6.33. The van der Waals surface area contributed by atoms with Crippen molar-refractivity contribution >= 4 is 11.6 Å². The van der Waals surface area contributed by atoms with E-state index in [2.05, 4.69) is 10.1 Å². The summed E-state index contributed by atoms with van der Waals surface area (Å²) >= 11 is 0. The Balaban J connectivity index is 1.44. The summed E-state index contributed by atoms with van der Waals surface area (Å²) in [4.78, 5) is 19.4. The number of likely N-dealkylation sites (tertiary alicyclic amines) is 1. The number of benzene rings is 1. The zero-order valence-corrected chi connectivity index (χ0v) is 17.2. The van der Waals surface area contributed by atoms with Crippen LogP contribution in [0.2, 0.25) is 0 Å². The summed E-state index contributed by atoms with van der Waals surface area (Å²) < 4.78 is 41.8. The summed E-state index contributed by atoms with van der Waals surface area (Å²) in [6.45, 7) is 2.61. The predicted octanol–water partition coefficient (Wildman–Crippen LogP) is 4.57. The molecule has 1 saturated heterocycles. The Hall–Kier alpha value is -2.90. The molecule has 0 saturated carbocycles. The fourth-order valence-corrected chi connectivity index (χ4v) is 4.81. The molecule has 1 unspecified atom stereocenters. The Labute approximate surface area is 177 Å². The van der Waals surface area contributed by atoms with Crippen molar-refractivity contribution < 1.29 is 18.0 Å². The Morgan fingerprint density at radius 3 is 2.71 bits per heavy atom. The number of nitrogens with zero attached hydrogens (tertiary/aromatic N) is 4. The number of amides is 1. The van der Waals surface area contributed by atoms with Crippen LogP contribution in [0.5, 0.6) is 0 Å². The predicted molar refractivity (Wildman–Crippen MR) is 109 cm³/mol. The van der Waals surface area contributed by atoms with E-state index in [-0.39, 0.29) is 17.5 Å². The number of carbonyl (C=O) groups excluding carboxylic acids is 1. The van der Waals surface area contributed by atoms with Crippen molar-refractivity contribution in [3.63, 3.8) is 0 Å². The van der Waals surface area contributed by atoms with Crippen LogP contribution in [-0.2, 0) is 19.0 Å². The number of halogens is 3. The molecule has 8 heteroatoms. The second kappa shape index (κ2) is 7.35. The highest BCUT2D eigenvalue weighted by Gasteiger charge is 2.36. The molecule has 3 aromatic rings. The molecule has 0 spiro atoms. The van der Waals surface area contributed by atoms with Crippen LogP contribution in [-0.4, -0.2) is 38.5 Å². The molecule has 1 aliphatic carbocycles. The first-order chi connectivity index (χ1) is 14.8. The maximum Gasteiger partial charge on any atom is 0.433 e. The van der Waals surface area contributed by atoms with Gasteiger partial charge in [-0.05, 0) is 68.4 Å². The van der Waals surface area contributed by atoms with Gasteiger partial charge < -0.3 is 4.90 Å². The SMILES string of the molecule is Cc1cc2nc(C3CCCN(C(=O)c4ccc5c(c4)CCC5)C3)cc(C(F)(F)F)n2n1. The quantitative estimate of drug-likeness (QED) is 0.601. The highest BCUT2D eigenvalue weighted by molar-refractivity contribution is 5.94. The van der Waals surface area contributed by atoms with E-state index in [0.717, 1.165) is 36.3 Å². The average molecular weight is 428 g/mol. The molecule has 31 heavy (non-hydrogen) atoms. The van der Waals surface area contributed by atoms with Crippen molar-refractivity contribution in [1.82, 2.24) is 19.5 Å². The third kappa shape index (κ3) is 3.68. The normalized spacial score (nSPS) is 19.1. The van der Waals surface area contributed by atoms with Gasteiger partial charge in [-0.25, -0.2) is 9.50 Å². The number of aryl methyl sites for hydroxylation is 3. The Bertz CT molecular complexity index is 1170. The molecule has 1 aliphatic heterocycles. The maximum absolute atomic E-state index is 13.7. The molecule has 1 fully saturated rings. The summed E-state index contributed by atoms with van der Waals surface area (Å²) in [5.74, 6) is -0.301. The molecule has 5 rings (SSSR count). The first-order valence-electron chi connectivity index (χ1n) is 10.7. The second-order valence-corrected chi connectivity index (χ2v) is 8.55. The minimum Gasteiger partial charge on any atom is -0.338 e. The molecule has 0 bridgehead atoms. The lowest BCUT2D eigenvalue weighted by Gasteiger charge is -2.33. The number of aromatic nitrogens is 3. The van der Waals surface area contributed by atoms with E-state index in [1.807, 2.05) is 18.2 Å². The second-order valence-electron chi connectivity index (χ2n) is 8.55. The molecule has 1 atom stereocenters. The van der Waals surface area contributed by atoms with Gasteiger partial charge in [-0.1, -0.05) is 6.07 Å². The Kier molecular flexibility index (Phi) is 4.75. The van der Waals surface area contributed by atoms with Gasteiger partial charge in [0.1, 0.15) is 5.69 Å². The van der Waals surface area contributed by atoms with E-state index in [0.29, 0.717) is 36.5 Å². The average Bonchev–Trinajstić information content (AvgIpc) is 3.36. The van der Waals surface area contributed by atoms with Crippen LogP contribution in [0.4, 0.5) is 13.2 Å². The minimum absolute atomic E-state index is 0.0586. The lowest BCUT2D eigenvalue weighted by Crippen LogP contribution is -2.39. The summed E-state index contributed by atoms with van der Waals surface area (Å²) in [5.41, 5.74) is 3.40. The minimum atomic E-state index is -4.54. The number of fused-ring (bicyclic) bond motifs is 2. The van der Waals surface area contributed by atoms with Crippen molar-refractivity contribution in [2.45, 2.75) is 51.1 Å². The van der Waals surface area contributed by atoms with Gasteiger partial charge >= 0.3 is 6.18 Å². The molecule has 5 nitrogen and oxygen atoms in total. The number of rotatable bonds is 2. The monoisotopic (exact) mass is 428 g/mol. The summed E-state index contributed by atoms with van der Waals surface area (Å²) in [7, 11) is 0. The Morgan fingerprint density at radius 2 is 1.90 bits per heavy atom. The van der Waals surface area contributed by atoms with Crippen molar-refractivity contribution in [2.75, 3.05) is 13.1 Å². The van der Waals surface area contributed by atoms with Crippen LogP contribution in [0.25, 0.3) is 5.65 Å². The van der Waals surface area contributed by atoms with Gasteiger partial charge in [0.2, 0.25) is 0 Å². The molecular weight excluding hydrogens is 405 g/mol. The lowest BCUT2D eigenvalue weighted by atomic mass is 9.93. The van der Waals surface area contributed by atoms with Crippen LogP contribution < -0.4 is 0 Å². The molecular formula is C23H23F3N4O. The first-order valence-corrected chi connectivity index (χ1v) is 10.7. The van der Waals surface area contributed by atoms with Crippen LogP contribution in [0.15, 0.2) is 30.3 Å². The number of carbonyl (C=O) groups is 1. The van der Waals surface area contributed by atoms with Crippen LogP contribution >= 0.6 is 0 Å². The van der Waals surface area contributed by atoms with Crippen molar-refractivity contribution in [3.05, 3.63) is 64.1 Å². The van der Waals surface area contributed by atoms with Gasteiger partial charge in [-0.3, -0.25) is 4.79 Å². The van der Waals surface area contributed by atoms with Gasteiger partial charge in [-0.2, -0.15) is 18.3 Å². The van der Waals surface area contributed by atoms with Crippen molar-refractivity contribution in [2.24, 2.45) is 0 Å². The van der Waals surface area contributed by atoms with Crippen LogP contribution in [0, 0.1) is 6.92 Å². The van der Waals surface area contributed by atoms with E-state index < -0.39 is 11.9 Å². The van der Waals surface area contributed by atoms with Gasteiger partial charge in [0.25, 0.3) is 5.91 Å². The van der Waals surface area contributed by atoms with E-state index in [1.165, 1.54) is 11.1 Å². The smallest absolute Gasteiger partial charge is 0.338 e. The molecule has 0 N–H and O–H groups in total. The molecule has 3 heterocycles. The zero-order valence-electron chi connectivity index (χ0n) is 17.2. The summed E-state index contributed by atoms with van der Waals surface area (Å²) in [6, 6.07) is 8.53. The molecule has 2 aromatic heterocycles. The van der Waals surface area contributed by atoms with Gasteiger partial charge in [-0.15, -0.1) is 0 Å². The molecule has 162 valence electrons. The van der Waals surface area contributed by atoms with E-state index in [1.54, 1.807) is 17.9 Å². The fraction of sp³-hybridized carbons (Fsp3) is 0.435. The van der Waals surface area contributed by atoms with Gasteiger partial charge in [0.05, 0.1) is 5.69 Å². The van der Waals surface area contributed by atoms with Crippen LogP contribution in [0.1, 0.15) is 63.7 Å². The van der Waals surface area contributed by atoms with Crippen LogP contribution in [0.3, 0.4) is 0 Å². The highest BCUT2D eigenvalue weighted by Crippen LogP contribution is 2.34. The number of hydrogen-bond acceptors (Lipinski definition) is 3. The molecule has 0 radical (unpaired) electrons. The Morgan fingerprint density at radius 1 is 1.10 bits per heavy atom. The van der Waals surface area contributed by atoms with Crippen molar-refractivity contribution in [3.8, 4) is 0 Å². The number of alkyl halides is 3. The molecule has 2 aliphatic rings.